The number of rotatable bonds is 5. The van der Waals surface area contributed by atoms with Gasteiger partial charge in [0.25, 0.3) is 0 Å². The highest BCUT2D eigenvalue weighted by Crippen LogP contribution is 2.32. The van der Waals surface area contributed by atoms with Gasteiger partial charge in [-0.15, -0.1) is 0 Å². The number of hydrogen-bond donors (Lipinski definition) is 1. The Morgan fingerprint density at radius 1 is 1.12 bits per heavy atom. The number of nitrogens with one attached hydrogen (secondary N) is 1. The highest BCUT2D eigenvalue weighted by Gasteiger charge is 2.24. The molecule has 1 N–H and O–H groups in total. The average molecular weight is 346 g/mol. The third kappa shape index (κ3) is 3.58. The maximum Gasteiger partial charge on any atom is 0.131 e. The van der Waals surface area contributed by atoms with Gasteiger partial charge in [0.05, 0.1) is 11.2 Å². The lowest BCUT2D eigenvalue weighted by atomic mass is 9.92. The summed E-state index contributed by atoms with van der Waals surface area (Å²) in [6.45, 7) is 4.40. The number of benzene rings is 2. The van der Waals surface area contributed by atoms with Gasteiger partial charge < -0.3 is 10.1 Å². The van der Waals surface area contributed by atoms with Crippen LogP contribution in [0.3, 0.4) is 0 Å². The van der Waals surface area contributed by atoms with E-state index in [2.05, 4.69) is 60.8 Å². The number of ether oxygens (including phenoxy) is 1. The molecular formula is C23H26N2O. The Hall–Kier alpha value is -2.39. The van der Waals surface area contributed by atoms with Crippen LogP contribution in [0.25, 0.3) is 22.2 Å². The fourth-order valence-corrected chi connectivity index (χ4v) is 3.87. The second kappa shape index (κ2) is 7.88. The van der Waals surface area contributed by atoms with Crippen molar-refractivity contribution in [1.82, 2.24) is 10.3 Å². The van der Waals surface area contributed by atoms with Crippen LogP contribution in [0, 0.1) is 5.92 Å². The maximum atomic E-state index is 6.60. The van der Waals surface area contributed by atoms with E-state index >= 15 is 0 Å². The summed E-state index contributed by atoms with van der Waals surface area (Å²) in [4.78, 5) is 4.86. The Morgan fingerprint density at radius 2 is 1.92 bits per heavy atom. The van der Waals surface area contributed by atoms with Crippen LogP contribution in [0.5, 0.6) is 5.75 Å². The topological polar surface area (TPSA) is 34.1 Å². The van der Waals surface area contributed by atoms with Crippen molar-refractivity contribution in [3.63, 3.8) is 0 Å². The molecule has 0 amide bonds. The summed E-state index contributed by atoms with van der Waals surface area (Å²) in [5, 5.41) is 4.61. The van der Waals surface area contributed by atoms with Crippen LogP contribution in [0.15, 0.2) is 60.7 Å². The summed E-state index contributed by atoms with van der Waals surface area (Å²) in [6, 6.07) is 20.7. The smallest absolute Gasteiger partial charge is 0.131 e. The van der Waals surface area contributed by atoms with Crippen molar-refractivity contribution in [1.29, 1.82) is 0 Å². The molecule has 1 aliphatic rings. The van der Waals surface area contributed by atoms with Gasteiger partial charge in [0.1, 0.15) is 11.9 Å². The minimum Gasteiger partial charge on any atom is -0.489 e. The van der Waals surface area contributed by atoms with E-state index in [-0.39, 0.29) is 6.10 Å². The number of piperidine rings is 1. The minimum absolute atomic E-state index is 0.234. The van der Waals surface area contributed by atoms with E-state index in [0.29, 0.717) is 5.92 Å². The predicted octanol–water partition coefficient (Wildman–Crippen LogP) is 5.06. The van der Waals surface area contributed by atoms with Crippen molar-refractivity contribution >= 4 is 10.9 Å². The number of hydrogen-bond acceptors (Lipinski definition) is 3. The van der Waals surface area contributed by atoms with Gasteiger partial charge in [-0.1, -0.05) is 49.4 Å². The summed E-state index contributed by atoms with van der Waals surface area (Å²) in [5.74, 6) is 1.52. The number of aromatic nitrogens is 1. The Kier molecular flexibility index (Phi) is 5.16. The Labute approximate surface area is 155 Å². The molecule has 0 aliphatic carbocycles. The quantitative estimate of drug-likeness (QED) is 0.701. The fourth-order valence-electron chi connectivity index (χ4n) is 3.87. The molecule has 1 fully saturated rings. The van der Waals surface area contributed by atoms with E-state index < -0.39 is 0 Å². The van der Waals surface area contributed by atoms with Crippen molar-refractivity contribution in [2.24, 2.45) is 5.92 Å². The SMILES string of the molecule is CCC(Oc1cc(-c2ccccc2)nc2ccccc12)C1CCCNC1. The first kappa shape index (κ1) is 17.0. The molecule has 0 bridgehead atoms. The second-order valence-electron chi connectivity index (χ2n) is 7.06. The summed E-state index contributed by atoms with van der Waals surface area (Å²) in [7, 11) is 0. The first-order valence-corrected chi connectivity index (χ1v) is 9.67. The lowest BCUT2D eigenvalue weighted by Crippen LogP contribution is -2.39. The standard InChI is InChI=1S/C23H26N2O/c1-2-22(18-11-8-14-24-16-18)26-23-15-21(17-9-4-3-5-10-17)25-20-13-7-6-12-19(20)23/h3-7,9-10,12-13,15,18,22,24H,2,8,11,14,16H2,1H3. The molecule has 134 valence electrons. The molecule has 1 saturated heterocycles. The monoisotopic (exact) mass is 346 g/mol. The highest BCUT2D eigenvalue weighted by molar-refractivity contribution is 5.87. The number of nitrogens with zero attached hydrogens (tertiary/aromatic N) is 1. The third-order valence-corrected chi connectivity index (χ3v) is 5.29. The molecule has 0 radical (unpaired) electrons. The average Bonchev–Trinajstić information content (AvgIpc) is 2.73. The minimum atomic E-state index is 0.234. The summed E-state index contributed by atoms with van der Waals surface area (Å²) >= 11 is 0. The molecule has 3 aromatic rings. The fraction of sp³-hybridized carbons (Fsp3) is 0.348. The van der Waals surface area contributed by atoms with Crippen LogP contribution in [0.4, 0.5) is 0 Å². The van der Waals surface area contributed by atoms with Gasteiger partial charge in [-0.05, 0) is 37.9 Å². The Balaban J connectivity index is 1.72. The maximum absolute atomic E-state index is 6.60. The van der Waals surface area contributed by atoms with E-state index in [1.54, 1.807) is 0 Å². The van der Waals surface area contributed by atoms with Gasteiger partial charge in [0.15, 0.2) is 0 Å². The van der Waals surface area contributed by atoms with Crippen molar-refractivity contribution in [3.8, 4) is 17.0 Å². The number of fused-ring (bicyclic) bond motifs is 1. The first-order valence-electron chi connectivity index (χ1n) is 9.67. The van der Waals surface area contributed by atoms with Gasteiger partial charge >= 0.3 is 0 Å². The second-order valence-corrected chi connectivity index (χ2v) is 7.06. The zero-order valence-corrected chi connectivity index (χ0v) is 15.3. The van der Waals surface area contributed by atoms with Crippen molar-refractivity contribution in [2.75, 3.05) is 13.1 Å². The summed E-state index contributed by atoms with van der Waals surface area (Å²) in [6.07, 6.45) is 3.72. The van der Waals surface area contributed by atoms with Gasteiger partial charge in [0, 0.05) is 29.5 Å². The van der Waals surface area contributed by atoms with Gasteiger partial charge in [-0.25, -0.2) is 4.98 Å². The molecule has 4 rings (SSSR count). The van der Waals surface area contributed by atoms with E-state index in [1.807, 2.05) is 12.1 Å². The molecule has 1 aromatic heterocycles. The van der Waals surface area contributed by atoms with Crippen LogP contribution < -0.4 is 10.1 Å². The largest absolute Gasteiger partial charge is 0.489 e. The van der Waals surface area contributed by atoms with Crippen molar-refractivity contribution in [2.45, 2.75) is 32.3 Å². The normalized spacial score (nSPS) is 18.6. The van der Waals surface area contributed by atoms with Gasteiger partial charge in [-0.3, -0.25) is 0 Å². The highest BCUT2D eigenvalue weighted by atomic mass is 16.5. The predicted molar refractivity (Wildman–Crippen MR) is 107 cm³/mol. The van der Waals surface area contributed by atoms with Crippen molar-refractivity contribution < 1.29 is 4.74 Å². The molecule has 0 saturated carbocycles. The van der Waals surface area contributed by atoms with Gasteiger partial charge in [-0.2, -0.15) is 0 Å². The molecule has 2 heterocycles. The van der Waals surface area contributed by atoms with Crippen LogP contribution >= 0.6 is 0 Å². The number of pyridine rings is 1. The van der Waals surface area contributed by atoms with Crippen LogP contribution in [0.1, 0.15) is 26.2 Å². The van der Waals surface area contributed by atoms with E-state index in [1.165, 1.54) is 12.8 Å². The van der Waals surface area contributed by atoms with E-state index in [4.69, 9.17) is 9.72 Å². The molecule has 3 nitrogen and oxygen atoms in total. The number of para-hydroxylation sites is 1. The molecule has 3 heteroatoms. The van der Waals surface area contributed by atoms with Crippen LogP contribution in [0.2, 0.25) is 0 Å². The molecule has 2 atom stereocenters. The van der Waals surface area contributed by atoms with E-state index in [0.717, 1.165) is 47.4 Å². The van der Waals surface area contributed by atoms with E-state index in [9.17, 15) is 0 Å². The molecule has 26 heavy (non-hydrogen) atoms. The molecule has 0 spiro atoms. The molecule has 1 aliphatic heterocycles. The summed E-state index contributed by atoms with van der Waals surface area (Å²) in [5.41, 5.74) is 3.08. The van der Waals surface area contributed by atoms with Crippen molar-refractivity contribution in [3.05, 3.63) is 60.7 Å². The Morgan fingerprint density at radius 3 is 2.69 bits per heavy atom. The lowest BCUT2D eigenvalue weighted by Gasteiger charge is -2.31. The Bertz CT molecular complexity index is 856. The summed E-state index contributed by atoms with van der Waals surface area (Å²) < 4.78 is 6.60. The first-order chi connectivity index (χ1) is 12.8. The molecular weight excluding hydrogens is 320 g/mol. The van der Waals surface area contributed by atoms with Gasteiger partial charge in [0.2, 0.25) is 0 Å². The third-order valence-electron chi connectivity index (χ3n) is 5.29. The lowest BCUT2D eigenvalue weighted by molar-refractivity contribution is 0.113. The zero-order chi connectivity index (χ0) is 17.8. The molecule has 2 aromatic carbocycles. The molecule has 2 unspecified atom stereocenters. The van der Waals surface area contributed by atoms with Crippen LogP contribution in [-0.4, -0.2) is 24.2 Å². The van der Waals surface area contributed by atoms with Crippen LogP contribution in [-0.2, 0) is 0 Å². The zero-order valence-electron chi connectivity index (χ0n) is 15.3.